The van der Waals surface area contributed by atoms with E-state index in [2.05, 4.69) is 35.2 Å². The molecule has 0 saturated heterocycles. The van der Waals surface area contributed by atoms with Crippen LogP contribution in [-0.2, 0) is 13.1 Å². The summed E-state index contributed by atoms with van der Waals surface area (Å²) < 4.78 is 11.2. The molecule has 4 rings (SSSR count). The number of methoxy groups -OCH3 is 1. The van der Waals surface area contributed by atoms with Gasteiger partial charge in [0.25, 0.3) is 0 Å². The van der Waals surface area contributed by atoms with E-state index in [9.17, 15) is 0 Å². The fraction of sp³-hybridized carbons (Fsp3) is 0.348. The Bertz CT molecular complexity index is 867. The van der Waals surface area contributed by atoms with Crippen molar-refractivity contribution in [2.24, 2.45) is 5.92 Å². The van der Waals surface area contributed by atoms with Crippen LogP contribution in [0.5, 0.6) is 5.75 Å². The molecule has 1 fully saturated rings. The van der Waals surface area contributed by atoms with Gasteiger partial charge in [-0.25, -0.2) is 4.98 Å². The van der Waals surface area contributed by atoms with Gasteiger partial charge in [0.1, 0.15) is 11.5 Å². The number of hydrogen-bond donors (Lipinski definition) is 0. The molecule has 4 heteroatoms. The van der Waals surface area contributed by atoms with Crippen LogP contribution in [0, 0.1) is 12.8 Å². The third-order valence-corrected chi connectivity index (χ3v) is 5.07. The average Bonchev–Trinajstić information content (AvgIpc) is 3.44. The van der Waals surface area contributed by atoms with Gasteiger partial charge in [-0.1, -0.05) is 30.3 Å². The predicted molar refractivity (Wildman–Crippen MR) is 107 cm³/mol. The van der Waals surface area contributed by atoms with Gasteiger partial charge in [-0.15, -0.1) is 0 Å². The lowest BCUT2D eigenvalue weighted by molar-refractivity contribution is 0.242. The Morgan fingerprint density at radius 2 is 1.78 bits per heavy atom. The van der Waals surface area contributed by atoms with Crippen LogP contribution < -0.4 is 4.74 Å². The lowest BCUT2D eigenvalue weighted by Gasteiger charge is -2.21. The fourth-order valence-corrected chi connectivity index (χ4v) is 3.34. The number of ether oxygens (including phenoxy) is 1. The van der Waals surface area contributed by atoms with Gasteiger partial charge >= 0.3 is 0 Å². The molecule has 1 aliphatic carbocycles. The second-order valence-corrected chi connectivity index (χ2v) is 7.35. The summed E-state index contributed by atoms with van der Waals surface area (Å²) >= 11 is 0. The molecule has 140 valence electrons. The molecule has 4 nitrogen and oxygen atoms in total. The SMILES string of the molecule is COc1ccc(-c2nc(CN(Cc3ccccc3)CC3CC3)c(C)o2)cc1. The fourth-order valence-electron chi connectivity index (χ4n) is 3.34. The van der Waals surface area contributed by atoms with E-state index in [1.54, 1.807) is 7.11 Å². The predicted octanol–water partition coefficient (Wildman–Crippen LogP) is 5.07. The molecule has 0 aliphatic heterocycles. The summed E-state index contributed by atoms with van der Waals surface area (Å²) in [5.41, 5.74) is 3.34. The highest BCUT2D eigenvalue weighted by molar-refractivity contribution is 5.55. The zero-order valence-electron chi connectivity index (χ0n) is 16.0. The van der Waals surface area contributed by atoms with Gasteiger partial charge in [-0.3, -0.25) is 4.90 Å². The summed E-state index contributed by atoms with van der Waals surface area (Å²) in [6.07, 6.45) is 2.69. The third-order valence-electron chi connectivity index (χ3n) is 5.07. The van der Waals surface area contributed by atoms with E-state index in [1.165, 1.54) is 18.4 Å². The van der Waals surface area contributed by atoms with Crippen molar-refractivity contribution in [2.75, 3.05) is 13.7 Å². The number of aromatic nitrogens is 1. The van der Waals surface area contributed by atoms with Gasteiger partial charge in [0.05, 0.1) is 12.8 Å². The van der Waals surface area contributed by atoms with Crippen LogP contribution in [0.4, 0.5) is 0 Å². The summed E-state index contributed by atoms with van der Waals surface area (Å²) in [5, 5.41) is 0. The largest absolute Gasteiger partial charge is 0.497 e. The maximum absolute atomic E-state index is 5.97. The zero-order chi connectivity index (χ0) is 18.6. The van der Waals surface area contributed by atoms with Crippen molar-refractivity contribution in [1.82, 2.24) is 9.88 Å². The maximum atomic E-state index is 5.97. The van der Waals surface area contributed by atoms with E-state index in [0.717, 1.165) is 48.3 Å². The highest BCUT2D eigenvalue weighted by Crippen LogP contribution is 2.31. The van der Waals surface area contributed by atoms with Crippen LogP contribution in [0.15, 0.2) is 59.0 Å². The van der Waals surface area contributed by atoms with Crippen molar-refractivity contribution in [1.29, 1.82) is 0 Å². The number of benzene rings is 2. The molecule has 0 amide bonds. The van der Waals surface area contributed by atoms with E-state index < -0.39 is 0 Å². The van der Waals surface area contributed by atoms with Crippen LogP contribution in [0.25, 0.3) is 11.5 Å². The average molecular weight is 362 g/mol. The lowest BCUT2D eigenvalue weighted by Crippen LogP contribution is -2.25. The molecular formula is C23H26N2O2. The number of oxazole rings is 1. The smallest absolute Gasteiger partial charge is 0.226 e. The molecule has 0 N–H and O–H groups in total. The molecule has 1 saturated carbocycles. The minimum Gasteiger partial charge on any atom is -0.497 e. The standard InChI is InChI=1S/C23H26N2O2/c1-17-22(24-23(27-17)20-10-12-21(26-2)13-11-20)16-25(15-19-8-9-19)14-18-6-4-3-5-7-18/h3-7,10-13,19H,8-9,14-16H2,1-2H3. The van der Waals surface area contributed by atoms with Crippen molar-refractivity contribution < 1.29 is 9.15 Å². The first-order valence-corrected chi connectivity index (χ1v) is 9.58. The van der Waals surface area contributed by atoms with Crippen LogP contribution in [0.1, 0.15) is 29.9 Å². The van der Waals surface area contributed by atoms with Gasteiger partial charge in [0.2, 0.25) is 5.89 Å². The number of rotatable bonds is 8. The first-order valence-electron chi connectivity index (χ1n) is 9.58. The summed E-state index contributed by atoms with van der Waals surface area (Å²) in [4.78, 5) is 7.29. The molecule has 2 aromatic carbocycles. The van der Waals surface area contributed by atoms with Crippen LogP contribution in [-0.4, -0.2) is 23.5 Å². The molecule has 0 atom stereocenters. The maximum Gasteiger partial charge on any atom is 0.226 e. The molecule has 0 bridgehead atoms. The Hall–Kier alpha value is -2.59. The summed E-state index contributed by atoms with van der Waals surface area (Å²) in [6, 6.07) is 18.5. The van der Waals surface area contributed by atoms with Crippen LogP contribution >= 0.6 is 0 Å². The van der Waals surface area contributed by atoms with E-state index in [-0.39, 0.29) is 0 Å². The highest BCUT2D eigenvalue weighted by atomic mass is 16.5. The Labute approximate surface area is 160 Å². The first-order chi connectivity index (χ1) is 13.2. The Morgan fingerprint density at radius 1 is 1.04 bits per heavy atom. The molecule has 1 aliphatic rings. The third kappa shape index (κ3) is 4.58. The highest BCUT2D eigenvalue weighted by Gasteiger charge is 2.25. The molecule has 1 heterocycles. The van der Waals surface area contributed by atoms with Gasteiger partial charge in [-0.05, 0) is 55.5 Å². The second-order valence-electron chi connectivity index (χ2n) is 7.35. The van der Waals surface area contributed by atoms with Crippen LogP contribution in [0.3, 0.4) is 0 Å². The van der Waals surface area contributed by atoms with Crippen LogP contribution in [0.2, 0.25) is 0 Å². The van der Waals surface area contributed by atoms with Gasteiger partial charge in [-0.2, -0.15) is 0 Å². The van der Waals surface area contributed by atoms with Crippen molar-refractivity contribution in [3.8, 4) is 17.2 Å². The Morgan fingerprint density at radius 3 is 2.44 bits per heavy atom. The van der Waals surface area contributed by atoms with Crippen molar-refractivity contribution in [2.45, 2.75) is 32.9 Å². The Kier molecular flexibility index (Phi) is 5.26. The van der Waals surface area contributed by atoms with E-state index in [4.69, 9.17) is 14.1 Å². The van der Waals surface area contributed by atoms with E-state index >= 15 is 0 Å². The molecule has 0 spiro atoms. The first kappa shape index (κ1) is 17.8. The summed E-state index contributed by atoms with van der Waals surface area (Å²) in [5.74, 6) is 3.24. The van der Waals surface area contributed by atoms with Crippen molar-refractivity contribution in [3.05, 3.63) is 71.6 Å². The minimum absolute atomic E-state index is 0.677. The lowest BCUT2D eigenvalue weighted by atomic mass is 10.2. The molecule has 0 unspecified atom stereocenters. The van der Waals surface area contributed by atoms with Gasteiger partial charge < -0.3 is 9.15 Å². The monoisotopic (exact) mass is 362 g/mol. The number of nitrogens with zero attached hydrogens (tertiary/aromatic N) is 2. The van der Waals surface area contributed by atoms with Gasteiger partial charge in [0.15, 0.2) is 0 Å². The molecule has 0 radical (unpaired) electrons. The summed E-state index contributed by atoms with van der Waals surface area (Å²) in [7, 11) is 1.67. The molecular weight excluding hydrogens is 336 g/mol. The minimum atomic E-state index is 0.677. The quantitative estimate of drug-likeness (QED) is 0.561. The summed E-state index contributed by atoms with van der Waals surface area (Å²) in [6.45, 7) is 4.89. The molecule has 27 heavy (non-hydrogen) atoms. The second kappa shape index (κ2) is 7.97. The molecule has 3 aromatic rings. The Balaban J connectivity index is 1.51. The number of aryl methyl sites for hydroxylation is 1. The number of hydrogen-bond acceptors (Lipinski definition) is 4. The van der Waals surface area contributed by atoms with Crippen molar-refractivity contribution in [3.63, 3.8) is 0 Å². The van der Waals surface area contributed by atoms with E-state index in [1.807, 2.05) is 31.2 Å². The van der Waals surface area contributed by atoms with Crippen molar-refractivity contribution >= 4 is 0 Å². The van der Waals surface area contributed by atoms with E-state index in [0.29, 0.717) is 5.89 Å². The van der Waals surface area contributed by atoms with Gasteiger partial charge in [0, 0.05) is 25.2 Å². The normalized spacial score (nSPS) is 13.9. The zero-order valence-corrected chi connectivity index (χ0v) is 16.0. The molecule has 1 aromatic heterocycles. The topological polar surface area (TPSA) is 38.5 Å².